The van der Waals surface area contributed by atoms with Crippen LogP contribution in [0, 0.1) is 25.6 Å². The van der Waals surface area contributed by atoms with Gasteiger partial charge in [-0.25, -0.2) is 14.7 Å². The number of oxazole rings is 1. The van der Waals surface area contributed by atoms with Crippen LogP contribution >= 0.6 is 12.2 Å². The summed E-state index contributed by atoms with van der Waals surface area (Å²) in [4.78, 5) is 30.9. The highest BCUT2D eigenvalue weighted by Gasteiger charge is 1.83. The summed E-state index contributed by atoms with van der Waals surface area (Å²) in [5.41, 5.74) is 0.472. The third-order valence-electron chi connectivity index (χ3n) is 2.00. The first kappa shape index (κ1) is 16.4. The van der Waals surface area contributed by atoms with Gasteiger partial charge in [0, 0.05) is 18.1 Å². The van der Waals surface area contributed by atoms with Gasteiger partial charge in [-0.1, -0.05) is 0 Å². The first-order chi connectivity index (χ1) is 9.86. The van der Waals surface area contributed by atoms with Crippen LogP contribution in [-0.4, -0.2) is 30.1 Å². The van der Waals surface area contributed by atoms with Gasteiger partial charge >= 0.3 is 11.4 Å². The zero-order valence-electron chi connectivity index (χ0n) is 11.7. The Morgan fingerprint density at radius 3 is 1.90 bits per heavy atom. The van der Waals surface area contributed by atoms with Crippen molar-refractivity contribution in [3.05, 3.63) is 55.5 Å². The molecule has 3 aromatic heterocycles. The summed E-state index contributed by atoms with van der Waals surface area (Å²) in [5, 5.41) is 5.73. The Balaban J connectivity index is 0.000000157. The maximum absolute atomic E-state index is 10.2. The van der Waals surface area contributed by atoms with Crippen molar-refractivity contribution in [3.8, 4) is 0 Å². The topological polar surface area (TPSA) is 139 Å². The summed E-state index contributed by atoms with van der Waals surface area (Å²) in [6.07, 6.45) is 3.35. The lowest BCUT2D eigenvalue weighted by Crippen LogP contribution is -2.00. The molecule has 0 bridgehead atoms. The van der Waals surface area contributed by atoms with Crippen LogP contribution in [0.4, 0.5) is 0 Å². The maximum Gasteiger partial charge on any atom is 0.340 e. The molecule has 0 aliphatic heterocycles. The molecule has 3 rings (SSSR count). The van der Waals surface area contributed by atoms with Gasteiger partial charge in [-0.3, -0.25) is 4.98 Å². The predicted octanol–water partition coefficient (Wildman–Crippen LogP) is 1.06. The van der Waals surface area contributed by atoms with Crippen LogP contribution in [0.5, 0.6) is 0 Å². The Morgan fingerprint density at radius 2 is 1.76 bits per heavy atom. The second-order valence-electron chi connectivity index (χ2n) is 3.98. The average molecular weight is 312 g/mol. The summed E-state index contributed by atoms with van der Waals surface area (Å²) in [7, 11) is 0. The van der Waals surface area contributed by atoms with Crippen LogP contribution in [0.2, 0.25) is 0 Å². The second-order valence-corrected chi connectivity index (χ2v) is 4.35. The number of hydrogen-bond acceptors (Lipinski definition) is 5. The molecular formula is C11H16N6O3S. The molecule has 0 aliphatic carbocycles. The molecule has 0 atom stereocenters. The van der Waals surface area contributed by atoms with Gasteiger partial charge in [0.05, 0.1) is 0 Å². The van der Waals surface area contributed by atoms with Gasteiger partial charge in [0.15, 0.2) is 0 Å². The van der Waals surface area contributed by atoms with Gasteiger partial charge in [0.1, 0.15) is 11.6 Å². The SMILES string of the molecule is Cc1c[nH]c(=O)[nH]1.Cc1c[nH]c(=S)o1.Cc1n[nH]c(=O)[nH]1. The lowest BCUT2D eigenvalue weighted by atomic mass is 10.6. The largest absolute Gasteiger partial charge is 0.435 e. The molecule has 3 aromatic rings. The molecular weight excluding hydrogens is 296 g/mol. The third-order valence-corrected chi connectivity index (χ3v) is 2.20. The Labute approximate surface area is 123 Å². The molecule has 0 saturated heterocycles. The average Bonchev–Trinajstić information content (AvgIpc) is 3.06. The van der Waals surface area contributed by atoms with Gasteiger partial charge in [-0.2, -0.15) is 5.10 Å². The monoisotopic (exact) mass is 312 g/mol. The predicted molar refractivity (Wildman–Crippen MR) is 78.7 cm³/mol. The van der Waals surface area contributed by atoms with Gasteiger partial charge < -0.3 is 19.4 Å². The van der Waals surface area contributed by atoms with E-state index in [4.69, 9.17) is 4.42 Å². The third kappa shape index (κ3) is 6.92. The number of hydrogen-bond donors (Lipinski definition) is 5. The van der Waals surface area contributed by atoms with E-state index in [1.165, 1.54) is 0 Å². The number of nitrogens with zero attached hydrogens (tertiary/aromatic N) is 1. The van der Waals surface area contributed by atoms with Crippen LogP contribution in [0.25, 0.3) is 0 Å². The highest BCUT2D eigenvalue weighted by Crippen LogP contribution is 1.93. The Kier molecular flexibility index (Phi) is 6.14. The number of imidazole rings is 1. The number of nitrogens with one attached hydrogen (secondary N) is 5. The van der Waals surface area contributed by atoms with E-state index in [-0.39, 0.29) is 11.4 Å². The first-order valence-electron chi connectivity index (χ1n) is 5.87. The molecule has 21 heavy (non-hydrogen) atoms. The second kappa shape index (κ2) is 7.85. The number of aryl methyl sites for hydroxylation is 3. The fraction of sp³-hybridized carbons (Fsp3) is 0.273. The summed E-state index contributed by atoms with van der Waals surface area (Å²) in [6, 6.07) is 0. The molecule has 0 saturated carbocycles. The summed E-state index contributed by atoms with van der Waals surface area (Å²) >= 11 is 4.61. The minimum absolute atomic E-state index is 0.141. The Morgan fingerprint density at radius 1 is 1.05 bits per heavy atom. The van der Waals surface area contributed by atoms with Crippen LogP contribution in [0.1, 0.15) is 17.3 Å². The van der Waals surface area contributed by atoms with E-state index in [2.05, 4.69) is 42.4 Å². The van der Waals surface area contributed by atoms with Crippen molar-refractivity contribution >= 4 is 12.2 Å². The lowest BCUT2D eigenvalue weighted by Gasteiger charge is -1.67. The maximum atomic E-state index is 10.2. The van der Waals surface area contributed by atoms with Crippen LogP contribution < -0.4 is 11.4 Å². The number of rotatable bonds is 0. The lowest BCUT2D eigenvalue weighted by molar-refractivity contribution is 0.511. The number of H-pyrrole nitrogens is 5. The molecule has 10 heteroatoms. The van der Waals surface area contributed by atoms with Crippen LogP contribution in [-0.2, 0) is 0 Å². The standard InChI is InChI=1S/C4H6N2O.C4H5NOS.C3H5N3O/c2*1-3-2-5-4(7)6-3;1-2-4-3(7)6-5-2/h2H,1H3,(H2,5,6,7);2H,1H3,(H,5,7);1H3,(H2,4,5,6,7). The zero-order valence-corrected chi connectivity index (χ0v) is 12.6. The zero-order chi connectivity index (χ0) is 15.8. The number of aromatic amines is 5. The van der Waals surface area contributed by atoms with Crippen molar-refractivity contribution in [1.29, 1.82) is 0 Å². The fourth-order valence-electron chi connectivity index (χ4n) is 1.15. The molecule has 0 aliphatic rings. The molecule has 0 aromatic carbocycles. The van der Waals surface area contributed by atoms with Crippen molar-refractivity contribution in [3.63, 3.8) is 0 Å². The van der Waals surface area contributed by atoms with E-state index in [9.17, 15) is 9.59 Å². The summed E-state index contributed by atoms with van der Waals surface area (Å²) in [5.74, 6) is 1.44. The van der Waals surface area contributed by atoms with Gasteiger partial charge in [-0.15, -0.1) is 0 Å². The molecule has 5 N–H and O–H groups in total. The van der Waals surface area contributed by atoms with Gasteiger partial charge in [-0.05, 0) is 33.0 Å². The Hall–Kier alpha value is -2.62. The Bertz CT molecular complexity index is 707. The van der Waals surface area contributed by atoms with Crippen molar-refractivity contribution < 1.29 is 4.42 Å². The number of aromatic nitrogens is 6. The van der Waals surface area contributed by atoms with Gasteiger partial charge in [0.2, 0.25) is 0 Å². The highest BCUT2D eigenvalue weighted by molar-refractivity contribution is 7.71. The van der Waals surface area contributed by atoms with Gasteiger partial charge in [0.25, 0.3) is 4.84 Å². The quantitative estimate of drug-likeness (QED) is 0.395. The van der Waals surface area contributed by atoms with Crippen molar-refractivity contribution in [1.82, 2.24) is 30.1 Å². The molecule has 0 radical (unpaired) electrons. The van der Waals surface area contributed by atoms with E-state index in [0.717, 1.165) is 11.5 Å². The molecule has 3 heterocycles. The van der Waals surface area contributed by atoms with E-state index in [1.54, 1.807) is 19.3 Å². The van der Waals surface area contributed by atoms with E-state index in [1.807, 2.05) is 13.8 Å². The van der Waals surface area contributed by atoms with E-state index in [0.29, 0.717) is 10.7 Å². The summed E-state index contributed by atoms with van der Waals surface area (Å²) in [6.45, 7) is 5.36. The van der Waals surface area contributed by atoms with Crippen molar-refractivity contribution in [2.45, 2.75) is 20.8 Å². The van der Waals surface area contributed by atoms with E-state index >= 15 is 0 Å². The summed E-state index contributed by atoms with van der Waals surface area (Å²) < 4.78 is 4.84. The minimum atomic E-state index is -0.252. The molecule has 0 amide bonds. The first-order valence-corrected chi connectivity index (χ1v) is 6.28. The molecule has 9 nitrogen and oxygen atoms in total. The van der Waals surface area contributed by atoms with E-state index < -0.39 is 0 Å². The molecule has 0 fully saturated rings. The minimum Gasteiger partial charge on any atom is -0.435 e. The molecule has 0 unspecified atom stereocenters. The highest BCUT2D eigenvalue weighted by atomic mass is 32.1. The fourth-order valence-corrected chi connectivity index (χ4v) is 1.34. The molecule has 0 spiro atoms. The van der Waals surface area contributed by atoms with Crippen molar-refractivity contribution in [2.24, 2.45) is 0 Å². The van der Waals surface area contributed by atoms with Crippen molar-refractivity contribution in [2.75, 3.05) is 0 Å². The smallest absolute Gasteiger partial charge is 0.340 e. The molecule has 114 valence electrons. The van der Waals surface area contributed by atoms with Crippen LogP contribution in [0.3, 0.4) is 0 Å². The normalized spacial score (nSPS) is 9.29. The van der Waals surface area contributed by atoms with Crippen LogP contribution in [0.15, 0.2) is 26.4 Å².